The van der Waals surface area contributed by atoms with E-state index in [9.17, 15) is 4.79 Å². The molecule has 0 saturated carbocycles. The molecule has 1 aliphatic heterocycles. The minimum atomic E-state index is 0.0342. The molecule has 148 valence electrons. The maximum absolute atomic E-state index is 11.4. The van der Waals surface area contributed by atoms with Crippen molar-refractivity contribution in [3.05, 3.63) is 60.3 Å². The molecule has 0 spiro atoms. The Labute approximate surface area is 170 Å². The Kier molecular flexibility index (Phi) is 5.65. The zero-order valence-electron chi connectivity index (χ0n) is 16.4. The number of carbonyl (C=O) groups is 1. The Balaban J connectivity index is 1.41. The van der Waals surface area contributed by atoms with Gasteiger partial charge in [0.1, 0.15) is 0 Å². The zero-order valence-corrected chi connectivity index (χ0v) is 16.4. The van der Waals surface area contributed by atoms with Gasteiger partial charge in [0.25, 0.3) is 0 Å². The van der Waals surface area contributed by atoms with Crippen molar-refractivity contribution in [2.75, 3.05) is 28.6 Å². The molecule has 7 heteroatoms. The van der Waals surface area contributed by atoms with Gasteiger partial charge in [0.05, 0.1) is 6.20 Å². The van der Waals surface area contributed by atoms with Crippen LogP contribution >= 0.6 is 0 Å². The van der Waals surface area contributed by atoms with E-state index in [4.69, 9.17) is 0 Å². The predicted molar refractivity (Wildman–Crippen MR) is 115 cm³/mol. The van der Waals surface area contributed by atoms with E-state index in [1.165, 1.54) is 24.9 Å². The molecule has 4 rings (SSSR count). The monoisotopic (exact) mass is 388 g/mol. The Hall–Kier alpha value is -3.48. The summed E-state index contributed by atoms with van der Waals surface area (Å²) in [6.45, 7) is 3.81. The maximum atomic E-state index is 11.4. The second kappa shape index (κ2) is 8.68. The SMILES string of the molecule is CC(=O)c1ccc(Nc2nncc(Nc3ccc(N4CCCCC4)cc3)n2)cc1. The van der Waals surface area contributed by atoms with Crippen molar-refractivity contribution in [3.63, 3.8) is 0 Å². The third kappa shape index (κ3) is 4.87. The van der Waals surface area contributed by atoms with Crippen LogP contribution in [-0.4, -0.2) is 34.1 Å². The van der Waals surface area contributed by atoms with Crippen LogP contribution < -0.4 is 15.5 Å². The lowest BCUT2D eigenvalue weighted by molar-refractivity contribution is 0.101. The van der Waals surface area contributed by atoms with E-state index in [2.05, 4.69) is 55.0 Å². The summed E-state index contributed by atoms with van der Waals surface area (Å²) in [5.74, 6) is 1.02. The molecular formula is C22H24N6O. The molecule has 0 atom stereocenters. The van der Waals surface area contributed by atoms with Gasteiger partial charge in [-0.15, -0.1) is 5.10 Å². The normalized spacial score (nSPS) is 13.8. The molecule has 0 aliphatic carbocycles. The summed E-state index contributed by atoms with van der Waals surface area (Å²) in [4.78, 5) is 18.3. The second-order valence-corrected chi connectivity index (χ2v) is 7.14. The van der Waals surface area contributed by atoms with Crippen molar-refractivity contribution in [3.8, 4) is 0 Å². The smallest absolute Gasteiger partial charge is 0.249 e. The van der Waals surface area contributed by atoms with Crippen LogP contribution in [-0.2, 0) is 0 Å². The van der Waals surface area contributed by atoms with Crippen LogP contribution in [0.15, 0.2) is 54.7 Å². The lowest BCUT2D eigenvalue weighted by atomic mass is 10.1. The number of hydrogen-bond donors (Lipinski definition) is 2. The molecular weight excluding hydrogens is 364 g/mol. The summed E-state index contributed by atoms with van der Waals surface area (Å²) < 4.78 is 0. The van der Waals surface area contributed by atoms with E-state index in [1.54, 1.807) is 25.3 Å². The van der Waals surface area contributed by atoms with E-state index in [1.807, 2.05) is 12.1 Å². The van der Waals surface area contributed by atoms with Crippen LogP contribution in [0.25, 0.3) is 0 Å². The molecule has 2 heterocycles. The van der Waals surface area contributed by atoms with Crippen molar-refractivity contribution < 1.29 is 4.79 Å². The Morgan fingerprint density at radius 3 is 2.24 bits per heavy atom. The molecule has 0 amide bonds. The van der Waals surface area contributed by atoms with E-state index >= 15 is 0 Å². The predicted octanol–water partition coefficient (Wildman–Crippen LogP) is 4.55. The van der Waals surface area contributed by atoms with Gasteiger partial charge in [0, 0.05) is 35.7 Å². The number of aromatic nitrogens is 3. The highest BCUT2D eigenvalue weighted by Gasteiger charge is 2.10. The van der Waals surface area contributed by atoms with Crippen LogP contribution in [0.4, 0.5) is 28.8 Å². The fourth-order valence-electron chi connectivity index (χ4n) is 3.39. The third-order valence-corrected chi connectivity index (χ3v) is 4.97. The Morgan fingerprint density at radius 1 is 0.897 bits per heavy atom. The van der Waals surface area contributed by atoms with Gasteiger partial charge in [-0.2, -0.15) is 10.1 Å². The molecule has 0 radical (unpaired) electrons. The Bertz CT molecular complexity index is 965. The molecule has 1 aliphatic rings. The Morgan fingerprint density at radius 2 is 1.55 bits per heavy atom. The van der Waals surface area contributed by atoms with Gasteiger partial charge in [-0.05, 0) is 74.7 Å². The number of piperidine rings is 1. The minimum Gasteiger partial charge on any atom is -0.372 e. The highest BCUT2D eigenvalue weighted by Crippen LogP contribution is 2.23. The minimum absolute atomic E-state index is 0.0342. The van der Waals surface area contributed by atoms with Gasteiger partial charge >= 0.3 is 0 Å². The molecule has 0 bridgehead atoms. The van der Waals surface area contributed by atoms with E-state index in [-0.39, 0.29) is 5.78 Å². The number of anilines is 5. The highest BCUT2D eigenvalue weighted by atomic mass is 16.1. The molecule has 2 N–H and O–H groups in total. The summed E-state index contributed by atoms with van der Waals surface area (Å²) in [7, 11) is 0. The average Bonchev–Trinajstić information content (AvgIpc) is 2.76. The fourth-order valence-corrected chi connectivity index (χ4v) is 3.39. The molecule has 0 unspecified atom stereocenters. The lowest BCUT2D eigenvalue weighted by Crippen LogP contribution is -2.29. The van der Waals surface area contributed by atoms with Crippen LogP contribution in [0.1, 0.15) is 36.5 Å². The number of nitrogens with zero attached hydrogens (tertiary/aromatic N) is 4. The van der Waals surface area contributed by atoms with E-state index in [0.717, 1.165) is 24.5 Å². The quantitative estimate of drug-likeness (QED) is 0.599. The summed E-state index contributed by atoms with van der Waals surface area (Å²) in [5.41, 5.74) is 3.66. The van der Waals surface area contributed by atoms with Gasteiger partial charge in [0.15, 0.2) is 11.6 Å². The standard InChI is InChI=1S/C22H24N6O/c1-16(29)17-5-7-19(8-6-17)25-22-26-21(15-23-27-22)24-18-9-11-20(12-10-18)28-13-3-2-4-14-28/h5-12,15H,2-4,13-14H2,1H3,(H2,24,25,26,27). The number of rotatable bonds is 6. The van der Waals surface area contributed by atoms with Crippen molar-refractivity contribution in [2.24, 2.45) is 0 Å². The second-order valence-electron chi connectivity index (χ2n) is 7.14. The third-order valence-electron chi connectivity index (χ3n) is 4.97. The van der Waals surface area contributed by atoms with Crippen molar-refractivity contribution >= 4 is 34.6 Å². The van der Waals surface area contributed by atoms with Crippen LogP contribution in [0, 0.1) is 0 Å². The lowest BCUT2D eigenvalue weighted by Gasteiger charge is -2.28. The molecule has 29 heavy (non-hydrogen) atoms. The zero-order chi connectivity index (χ0) is 20.1. The van der Waals surface area contributed by atoms with Crippen molar-refractivity contribution in [1.82, 2.24) is 15.2 Å². The molecule has 1 aromatic heterocycles. The number of benzene rings is 2. The first kappa shape index (κ1) is 18.9. The van der Waals surface area contributed by atoms with Gasteiger partial charge < -0.3 is 15.5 Å². The molecule has 1 fully saturated rings. The number of Topliss-reactive ketones (excluding diaryl/α,β-unsaturated/α-hetero) is 1. The topological polar surface area (TPSA) is 83.0 Å². The van der Waals surface area contributed by atoms with Crippen LogP contribution in [0.2, 0.25) is 0 Å². The van der Waals surface area contributed by atoms with Gasteiger partial charge in [0.2, 0.25) is 5.95 Å². The van der Waals surface area contributed by atoms with Gasteiger partial charge in [-0.25, -0.2) is 0 Å². The first-order valence-electron chi connectivity index (χ1n) is 9.87. The molecule has 7 nitrogen and oxygen atoms in total. The van der Waals surface area contributed by atoms with Gasteiger partial charge in [-0.1, -0.05) is 0 Å². The average molecular weight is 388 g/mol. The molecule has 1 saturated heterocycles. The number of ketones is 1. The number of carbonyl (C=O) groups excluding carboxylic acids is 1. The first-order valence-corrected chi connectivity index (χ1v) is 9.87. The molecule has 2 aromatic carbocycles. The summed E-state index contributed by atoms with van der Waals surface area (Å²) in [6.07, 6.45) is 5.44. The summed E-state index contributed by atoms with van der Waals surface area (Å²) in [5, 5.41) is 14.4. The largest absolute Gasteiger partial charge is 0.372 e. The number of nitrogens with one attached hydrogen (secondary N) is 2. The van der Waals surface area contributed by atoms with Crippen LogP contribution in [0.3, 0.4) is 0 Å². The van der Waals surface area contributed by atoms with Crippen molar-refractivity contribution in [1.29, 1.82) is 0 Å². The van der Waals surface area contributed by atoms with E-state index in [0.29, 0.717) is 17.3 Å². The first-order chi connectivity index (χ1) is 14.2. The summed E-state index contributed by atoms with van der Waals surface area (Å²) >= 11 is 0. The van der Waals surface area contributed by atoms with Crippen LogP contribution in [0.5, 0.6) is 0 Å². The summed E-state index contributed by atoms with van der Waals surface area (Å²) in [6, 6.07) is 15.6. The highest BCUT2D eigenvalue weighted by molar-refractivity contribution is 5.94. The molecule has 3 aromatic rings. The maximum Gasteiger partial charge on any atom is 0.249 e. The number of hydrogen-bond acceptors (Lipinski definition) is 7. The van der Waals surface area contributed by atoms with Crippen molar-refractivity contribution in [2.45, 2.75) is 26.2 Å². The van der Waals surface area contributed by atoms with E-state index < -0.39 is 0 Å². The van der Waals surface area contributed by atoms with Gasteiger partial charge in [-0.3, -0.25) is 4.79 Å². The fraction of sp³-hybridized carbons (Fsp3) is 0.273.